The molecule has 0 radical (unpaired) electrons. The monoisotopic (exact) mass is 342 g/mol. The summed E-state index contributed by atoms with van der Waals surface area (Å²) in [7, 11) is 0. The maximum atomic E-state index is 12.1. The van der Waals surface area contributed by atoms with E-state index in [1.54, 1.807) is 0 Å². The average molecular weight is 343 g/mol. The summed E-state index contributed by atoms with van der Waals surface area (Å²) in [5, 5.41) is 2.69. The lowest BCUT2D eigenvalue weighted by Gasteiger charge is -2.44. The molecule has 0 N–H and O–H groups in total. The number of thioether (sulfide) groups is 2. The van der Waals surface area contributed by atoms with Gasteiger partial charge in [0.25, 0.3) is 0 Å². The number of fused-ring (bicyclic) bond motifs is 1. The van der Waals surface area contributed by atoms with E-state index in [-0.39, 0.29) is 4.08 Å². The molecule has 1 aliphatic carbocycles. The van der Waals surface area contributed by atoms with Gasteiger partial charge in [-0.15, -0.1) is 23.5 Å². The van der Waals surface area contributed by atoms with Crippen LogP contribution in [0.1, 0.15) is 37.7 Å². The first-order valence-electron chi connectivity index (χ1n) is 8.57. The standard InChI is InChI=1S/C20H22OS2/c21-17-9-4-8-16(14-17)20(22-12-5-13-23-20)19-11-3-7-15-6-1-2-10-18(15)19/h1-3,6-7,10-11,16H,4-5,8-9,12-14H2. The molecular weight excluding hydrogens is 320 g/mol. The summed E-state index contributed by atoms with van der Waals surface area (Å²) < 4.78 is 0.0647. The van der Waals surface area contributed by atoms with Crippen molar-refractivity contribution in [1.29, 1.82) is 0 Å². The highest BCUT2D eigenvalue weighted by atomic mass is 32.2. The molecule has 0 spiro atoms. The van der Waals surface area contributed by atoms with E-state index in [9.17, 15) is 4.79 Å². The molecule has 0 amide bonds. The molecule has 120 valence electrons. The third-order valence-corrected chi connectivity index (χ3v) is 8.76. The number of rotatable bonds is 2. The molecule has 1 unspecified atom stereocenters. The molecule has 0 bridgehead atoms. The number of hydrogen-bond donors (Lipinski definition) is 0. The summed E-state index contributed by atoms with van der Waals surface area (Å²) in [4.78, 5) is 12.1. The van der Waals surface area contributed by atoms with Crippen molar-refractivity contribution >= 4 is 40.1 Å². The second-order valence-corrected chi connectivity index (χ2v) is 9.52. The first kappa shape index (κ1) is 15.6. The van der Waals surface area contributed by atoms with Gasteiger partial charge in [-0.2, -0.15) is 0 Å². The minimum absolute atomic E-state index is 0.0647. The number of benzene rings is 2. The van der Waals surface area contributed by atoms with Gasteiger partial charge < -0.3 is 0 Å². The normalized spacial score (nSPS) is 24.7. The molecule has 2 aromatic carbocycles. The smallest absolute Gasteiger partial charge is 0.133 e. The minimum Gasteiger partial charge on any atom is -0.300 e. The SMILES string of the molecule is O=C1CCCC(C2(c3cccc4ccccc34)SCCCS2)C1. The Morgan fingerprint density at radius 1 is 0.957 bits per heavy atom. The molecule has 1 atom stereocenters. The van der Waals surface area contributed by atoms with Gasteiger partial charge in [0.2, 0.25) is 0 Å². The van der Waals surface area contributed by atoms with Gasteiger partial charge in [-0.1, -0.05) is 42.5 Å². The van der Waals surface area contributed by atoms with Crippen molar-refractivity contribution in [2.24, 2.45) is 5.92 Å². The first-order valence-corrected chi connectivity index (χ1v) is 10.5. The van der Waals surface area contributed by atoms with Crippen molar-refractivity contribution in [3.05, 3.63) is 48.0 Å². The van der Waals surface area contributed by atoms with Crippen LogP contribution in [0, 0.1) is 5.92 Å². The molecule has 4 rings (SSSR count). The van der Waals surface area contributed by atoms with Crippen LogP contribution in [0.5, 0.6) is 0 Å². The second kappa shape index (κ2) is 6.52. The zero-order valence-corrected chi connectivity index (χ0v) is 14.9. The Balaban J connectivity index is 1.85. The van der Waals surface area contributed by atoms with E-state index in [4.69, 9.17) is 0 Å². The Kier molecular flexibility index (Phi) is 4.42. The van der Waals surface area contributed by atoms with Crippen LogP contribution in [0.2, 0.25) is 0 Å². The molecule has 1 saturated carbocycles. The van der Waals surface area contributed by atoms with Gasteiger partial charge in [-0.05, 0) is 53.0 Å². The number of carbonyl (C=O) groups is 1. The van der Waals surface area contributed by atoms with Crippen molar-refractivity contribution in [2.45, 2.75) is 36.2 Å². The summed E-state index contributed by atoms with van der Waals surface area (Å²) in [6.45, 7) is 0. The predicted octanol–water partition coefficient (Wildman–Crippen LogP) is 5.62. The van der Waals surface area contributed by atoms with Crippen LogP contribution in [0.3, 0.4) is 0 Å². The van der Waals surface area contributed by atoms with Crippen LogP contribution in [0.15, 0.2) is 42.5 Å². The summed E-state index contributed by atoms with van der Waals surface area (Å²) in [6.07, 6.45) is 5.09. The summed E-state index contributed by atoms with van der Waals surface area (Å²) in [6, 6.07) is 15.4. The van der Waals surface area contributed by atoms with Crippen molar-refractivity contribution in [1.82, 2.24) is 0 Å². The van der Waals surface area contributed by atoms with Gasteiger partial charge in [0.1, 0.15) is 5.78 Å². The molecule has 23 heavy (non-hydrogen) atoms. The molecule has 2 aliphatic rings. The highest BCUT2D eigenvalue weighted by Crippen LogP contribution is 2.59. The maximum Gasteiger partial charge on any atom is 0.133 e. The van der Waals surface area contributed by atoms with E-state index in [0.29, 0.717) is 11.7 Å². The Bertz CT molecular complexity index is 713. The molecule has 2 fully saturated rings. The van der Waals surface area contributed by atoms with Crippen molar-refractivity contribution in [2.75, 3.05) is 11.5 Å². The van der Waals surface area contributed by atoms with Crippen LogP contribution >= 0.6 is 23.5 Å². The average Bonchev–Trinajstić information content (AvgIpc) is 2.62. The fourth-order valence-electron chi connectivity index (χ4n) is 4.04. The molecule has 3 heteroatoms. The number of ketones is 1. The van der Waals surface area contributed by atoms with Gasteiger partial charge in [-0.3, -0.25) is 4.79 Å². The zero-order valence-electron chi connectivity index (χ0n) is 13.3. The molecule has 1 heterocycles. The highest BCUT2D eigenvalue weighted by Gasteiger charge is 2.45. The lowest BCUT2D eigenvalue weighted by Crippen LogP contribution is -2.35. The van der Waals surface area contributed by atoms with Crippen molar-refractivity contribution < 1.29 is 4.79 Å². The summed E-state index contributed by atoms with van der Waals surface area (Å²) in [5.74, 6) is 3.36. The largest absolute Gasteiger partial charge is 0.300 e. The van der Waals surface area contributed by atoms with E-state index in [0.717, 1.165) is 19.3 Å². The van der Waals surface area contributed by atoms with Crippen LogP contribution in [-0.4, -0.2) is 17.3 Å². The molecule has 1 aliphatic heterocycles. The third-order valence-electron chi connectivity index (χ3n) is 5.11. The Labute approximate surface area is 146 Å². The molecule has 1 saturated heterocycles. The lowest BCUT2D eigenvalue weighted by atomic mass is 9.82. The minimum atomic E-state index is 0.0647. The van der Waals surface area contributed by atoms with Crippen LogP contribution in [0.4, 0.5) is 0 Å². The molecule has 2 aromatic rings. The van der Waals surface area contributed by atoms with Crippen molar-refractivity contribution in [3.63, 3.8) is 0 Å². The topological polar surface area (TPSA) is 17.1 Å². The first-order chi connectivity index (χ1) is 11.3. The van der Waals surface area contributed by atoms with Gasteiger partial charge in [0.05, 0.1) is 4.08 Å². The predicted molar refractivity (Wildman–Crippen MR) is 102 cm³/mol. The van der Waals surface area contributed by atoms with Crippen LogP contribution < -0.4 is 0 Å². The second-order valence-electron chi connectivity index (χ2n) is 6.58. The van der Waals surface area contributed by atoms with Gasteiger partial charge in [0.15, 0.2) is 0 Å². The molecule has 1 nitrogen and oxygen atoms in total. The Morgan fingerprint density at radius 3 is 2.57 bits per heavy atom. The van der Waals surface area contributed by atoms with E-state index in [1.807, 2.05) is 0 Å². The number of carbonyl (C=O) groups excluding carboxylic acids is 1. The van der Waals surface area contributed by atoms with Gasteiger partial charge in [-0.25, -0.2) is 0 Å². The van der Waals surface area contributed by atoms with E-state index in [2.05, 4.69) is 66.0 Å². The quantitative estimate of drug-likeness (QED) is 0.705. The number of Topliss-reactive ketones (excluding diaryl/α,β-unsaturated/α-hetero) is 1. The Hall–Kier alpha value is -0.930. The van der Waals surface area contributed by atoms with E-state index >= 15 is 0 Å². The Morgan fingerprint density at radius 2 is 1.74 bits per heavy atom. The lowest BCUT2D eigenvalue weighted by molar-refractivity contribution is -0.121. The zero-order chi connectivity index (χ0) is 15.7. The maximum absolute atomic E-state index is 12.1. The summed E-state index contributed by atoms with van der Waals surface area (Å²) in [5.41, 5.74) is 1.45. The van der Waals surface area contributed by atoms with Gasteiger partial charge in [0, 0.05) is 12.8 Å². The third kappa shape index (κ3) is 2.83. The number of hydrogen-bond acceptors (Lipinski definition) is 3. The van der Waals surface area contributed by atoms with Crippen molar-refractivity contribution in [3.8, 4) is 0 Å². The highest BCUT2D eigenvalue weighted by molar-refractivity contribution is 8.18. The fourth-order valence-corrected chi connectivity index (χ4v) is 7.78. The molecular formula is C20H22OS2. The molecule has 0 aromatic heterocycles. The van der Waals surface area contributed by atoms with E-state index < -0.39 is 0 Å². The van der Waals surface area contributed by atoms with E-state index in [1.165, 1.54) is 40.7 Å². The van der Waals surface area contributed by atoms with Crippen LogP contribution in [0.25, 0.3) is 10.8 Å². The summed E-state index contributed by atoms with van der Waals surface area (Å²) >= 11 is 4.20. The fraction of sp³-hybridized carbons (Fsp3) is 0.450. The van der Waals surface area contributed by atoms with Crippen LogP contribution in [-0.2, 0) is 8.87 Å². The van der Waals surface area contributed by atoms with Gasteiger partial charge >= 0.3 is 0 Å².